The number of nitrogens with zero attached hydrogens (tertiary/aromatic N) is 2. The Kier molecular flexibility index (Phi) is 10.0. The number of sulfonamides is 1. The van der Waals surface area contributed by atoms with Crippen LogP contribution in [0.2, 0.25) is 15.1 Å². The molecule has 0 aromatic heterocycles. The number of rotatable bonds is 9. The normalized spacial score (nSPS) is 12.7. The predicted octanol–water partition coefficient (Wildman–Crippen LogP) is 5.27. The topological polar surface area (TPSA) is 86.8 Å². The summed E-state index contributed by atoms with van der Waals surface area (Å²) >= 11 is 18.2. The lowest BCUT2D eigenvalue weighted by molar-refractivity contribution is -0.141. The lowest BCUT2D eigenvalue weighted by Gasteiger charge is -2.34. The van der Waals surface area contributed by atoms with Crippen molar-refractivity contribution in [3.63, 3.8) is 0 Å². The van der Waals surface area contributed by atoms with Crippen molar-refractivity contribution in [3.05, 3.63) is 62.8 Å². The second-order valence-electron chi connectivity index (χ2n) is 9.29. The number of carbonyl (C=O) groups is 2. The van der Waals surface area contributed by atoms with E-state index >= 15 is 0 Å². The van der Waals surface area contributed by atoms with Gasteiger partial charge in [0.1, 0.15) is 18.4 Å². The summed E-state index contributed by atoms with van der Waals surface area (Å²) in [7, 11) is -3.98. The molecule has 0 fully saturated rings. The minimum absolute atomic E-state index is 0.00826. The van der Waals surface area contributed by atoms with Crippen LogP contribution in [0, 0.1) is 5.82 Å². The van der Waals surface area contributed by atoms with Gasteiger partial charge >= 0.3 is 0 Å². The van der Waals surface area contributed by atoms with Crippen molar-refractivity contribution < 1.29 is 22.4 Å². The molecule has 2 rings (SSSR count). The third-order valence-corrected chi connectivity index (χ3v) is 7.13. The Morgan fingerprint density at radius 1 is 1.06 bits per heavy atom. The van der Waals surface area contributed by atoms with Crippen LogP contribution in [0.25, 0.3) is 0 Å². The summed E-state index contributed by atoms with van der Waals surface area (Å²) in [5, 5.41) is 3.26. The number of hydrogen-bond donors (Lipinski definition) is 1. The van der Waals surface area contributed by atoms with E-state index in [9.17, 15) is 22.4 Å². The van der Waals surface area contributed by atoms with Crippen LogP contribution in [0.5, 0.6) is 0 Å². The highest BCUT2D eigenvalue weighted by atomic mass is 35.5. The average molecular weight is 581 g/mol. The molecule has 0 heterocycles. The van der Waals surface area contributed by atoms with Crippen LogP contribution in [0.15, 0.2) is 36.4 Å². The molecule has 0 saturated carbocycles. The van der Waals surface area contributed by atoms with E-state index in [0.29, 0.717) is 10.6 Å². The van der Waals surface area contributed by atoms with Crippen molar-refractivity contribution in [2.24, 2.45) is 0 Å². The van der Waals surface area contributed by atoms with Crippen molar-refractivity contribution in [1.29, 1.82) is 0 Å². The lowest BCUT2D eigenvalue weighted by Crippen LogP contribution is -2.55. The number of nitrogens with one attached hydrogen (secondary N) is 1. The summed E-state index contributed by atoms with van der Waals surface area (Å²) in [5.74, 6) is -1.80. The first-order valence-electron chi connectivity index (χ1n) is 11.0. The van der Waals surface area contributed by atoms with Crippen LogP contribution in [0.1, 0.15) is 39.7 Å². The zero-order valence-electron chi connectivity index (χ0n) is 20.6. The molecule has 0 spiro atoms. The number of benzene rings is 2. The molecule has 12 heteroatoms. The van der Waals surface area contributed by atoms with Crippen molar-refractivity contribution >= 4 is 62.3 Å². The molecule has 2 aromatic rings. The lowest BCUT2D eigenvalue weighted by atomic mass is 10.1. The first kappa shape index (κ1) is 30.2. The molecule has 0 aliphatic carbocycles. The SMILES string of the molecule is CC[C@H](C(=O)NC(C)(C)C)N(Cc1ccc(Cl)cc1Cl)C(=O)CN(c1ccc(F)c(Cl)c1)S(C)(=O)=O. The number of amides is 2. The van der Waals surface area contributed by atoms with E-state index in [2.05, 4.69) is 5.32 Å². The highest BCUT2D eigenvalue weighted by Gasteiger charge is 2.33. The van der Waals surface area contributed by atoms with Crippen molar-refractivity contribution in [2.75, 3.05) is 17.1 Å². The van der Waals surface area contributed by atoms with Gasteiger partial charge in [-0.1, -0.05) is 47.8 Å². The summed E-state index contributed by atoms with van der Waals surface area (Å²) in [6, 6.07) is 7.16. The van der Waals surface area contributed by atoms with Gasteiger partial charge in [-0.15, -0.1) is 0 Å². The summed E-state index contributed by atoms with van der Waals surface area (Å²) in [6.07, 6.45) is 1.17. The Hall–Kier alpha value is -2.07. The second kappa shape index (κ2) is 12.0. The minimum atomic E-state index is -3.98. The maximum absolute atomic E-state index is 13.7. The monoisotopic (exact) mass is 579 g/mol. The predicted molar refractivity (Wildman–Crippen MR) is 143 cm³/mol. The molecule has 1 atom stereocenters. The zero-order chi connectivity index (χ0) is 27.4. The molecule has 0 aliphatic rings. The quantitative estimate of drug-likeness (QED) is 0.438. The number of hydrogen-bond acceptors (Lipinski definition) is 4. The van der Waals surface area contributed by atoms with Gasteiger partial charge in [-0.05, 0) is 63.1 Å². The molecule has 0 radical (unpaired) electrons. The largest absolute Gasteiger partial charge is 0.350 e. The summed E-state index contributed by atoms with van der Waals surface area (Å²) in [6.45, 7) is 6.44. The fourth-order valence-corrected chi connectivity index (χ4v) is 4.94. The molecule has 0 aliphatic heterocycles. The molecule has 0 unspecified atom stereocenters. The summed E-state index contributed by atoms with van der Waals surface area (Å²) < 4.78 is 39.7. The van der Waals surface area contributed by atoms with Gasteiger partial charge in [0.2, 0.25) is 21.8 Å². The summed E-state index contributed by atoms with van der Waals surface area (Å²) in [5.41, 5.74) is -0.0399. The van der Waals surface area contributed by atoms with Crippen LogP contribution in [-0.4, -0.2) is 49.5 Å². The van der Waals surface area contributed by atoms with E-state index in [-0.39, 0.29) is 28.7 Å². The maximum Gasteiger partial charge on any atom is 0.244 e. The highest BCUT2D eigenvalue weighted by molar-refractivity contribution is 7.92. The van der Waals surface area contributed by atoms with Gasteiger partial charge in [0, 0.05) is 22.1 Å². The van der Waals surface area contributed by atoms with Crippen molar-refractivity contribution in [3.8, 4) is 0 Å². The Bertz CT molecular complexity index is 1240. The van der Waals surface area contributed by atoms with Gasteiger partial charge < -0.3 is 10.2 Å². The van der Waals surface area contributed by atoms with E-state index in [1.807, 2.05) is 20.8 Å². The third kappa shape index (κ3) is 8.23. The van der Waals surface area contributed by atoms with Crippen molar-refractivity contribution in [1.82, 2.24) is 10.2 Å². The molecular weight excluding hydrogens is 552 g/mol. The van der Waals surface area contributed by atoms with E-state index in [0.717, 1.165) is 22.7 Å². The van der Waals surface area contributed by atoms with Crippen LogP contribution >= 0.6 is 34.8 Å². The van der Waals surface area contributed by atoms with Gasteiger partial charge in [-0.2, -0.15) is 0 Å². The first-order chi connectivity index (χ1) is 16.5. The Morgan fingerprint density at radius 3 is 2.19 bits per heavy atom. The molecule has 7 nitrogen and oxygen atoms in total. The molecular formula is C24H29Cl3FN3O4S. The van der Waals surface area contributed by atoms with Crippen LogP contribution < -0.4 is 9.62 Å². The number of carbonyl (C=O) groups excluding carboxylic acids is 2. The van der Waals surface area contributed by atoms with Gasteiger partial charge in [0.15, 0.2) is 0 Å². The van der Waals surface area contributed by atoms with Gasteiger partial charge in [0.05, 0.1) is 17.0 Å². The Labute approximate surface area is 226 Å². The van der Waals surface area contributed by atoms with Crippen molar-refractivity contribution in [2.45, 2.75) is 52.2 Å². The van der Waals surface area contributed by atoms with Gasteiger partial charge in [-0.3, -0.25) is 13.9 Å². The Balaban J connectivity index is 2.52. The summed E-state index contributed by atoms with van der Waals surface area (Å²) in [4.78, 5) is 28.1. The van der Waals surface area contributed by atoms with E-state index in [4.69, 9.17) is 34.8 Å². The molecule has 2 amide bonds. The third-order valence-electron chi connectivity index (χ3n) is 5.11. The van der Waals surface area contributed by atoms with E-state index < -0.39 is 45.8 Å². The molecule has 1 N–H and O–H groups in total. The average Bonchev–Trinajstić information content (AvgIpc) is 2.73. The first-order valence-corrected chi connectivity index (χ1v) is 14.0. The zero-order valence-corrected chi connectivity index (χ0v) is 23.7. The Morgan fingerprint density at radius 2 is 1.69 bits per heavy atom. The molecule has 0 saturated heterocycles. The fraction of sp³-hybridized carbons (Fsp3) is 0.417. The van der Waals surface area contributed by atoms with Crippen LogP contribution in [0.3, 0.4) is 0 Å². The second-order valence-corrected chi connectivity index (χ2v) is 12.4. The van der Waals surface area contributed by atoms with Gasteiger partial charge in [-0.25, -0.2) is 12.8 Å². The van der Waals surface area contributed by atoms with Crippen LogP contribution in [0.4, 0.5) is 10.1 Å². The number of anilines is 1. The smallest absolute Gasteiger partial charge is 0.244 e. The molecule has 198 valence electrons. The molecule has 2 aromatic carbocycles. The van der Waals surface area contributed by atoms with E-state index in [1.54, 1.807) is 19.1 Å². The molecule has 36 heavy (non-hydrogen) atoms. The fourth-order valence-electron chi connectivity index (χ4n) is 3.46. The maximum atomic E-state index is 13.7. The van der Waals surface area contributed by atoms with Crippen LogP contribution in [-0.2, 0) is 26.2 Å². The van der Waals surface area contributed by atoms with E-state index in [1.165, 1.54) is 17.0 Å². The highest BCUT2D eigenvalue weighted by Crippen LogP contribution is 2.27. The minimum Gasteiger partial charge on any atom is -0.350 e. The van der Waals surface area contributed by atoms with Gasteiger partial charge in [0.25, 0.3) is 0 Å². The standard InChI is InChI=1S/C24H29Cl3FN3O4S/c1-6-21(23(33)29-24(2,3)4)30(13-15-7-8-16(25)11-18(15)26)22(32)14-31(36(5,34)35)17-9-10-20(28)19(27)12-17/h7-12,21H,6,13-14H2,1-5H3,(H,29,33)/t21-/m1/s1. The molecule has 0 bridgehead atoms. The number of halogens is 4.